The highest BCUT2D eigenvalue weighted by Gasteiger charge is 2.36. The molecule has 3 rings (SSSR count). The van der Waals surface area contributed by atoms with Gasteiger partial charge in [-0.2, -0.15) is 0 Å². The van der Waals surface area contributed by atoms with E-state index in [1.54, 1.807) is 0 Å². The maximum absolute atomic E-state index is 12.9. The van der Waals surface area contributed by atoms with Gasteiger partial charge in [0.25, 0.3) is 5.91 Å². The van der Waals surface area contributed by atoms with Gasteiger partial charge in [0.1, 0.15) is 11.3 Å². The molecule has 1 aromatic rings. The van der Waals surface area contributed by atoms with Gasteiger partial charge in [0.2, 0.25) is 0 Å². The van der Waals surface area contributed by atoms with Gasteiger partial charge >= 0.3 is 5.63 Å². The van der Waals surface area contributed by atoms with E-state index in [1.165, 1.54) is 19.3 Å². The number of rotatable bonds is 6. The number of nitrogens with one attached hydrogen (secondary N) is 2. The Kier molecular flexibility index (Phi) is 10.9. The fraction of sp³-hybridized carbons (Fsp3) is 0.727. The molecule has 0 radical (unpaired) electrons. The van der Waals surface area contributed by atoms with Gasteiger partial charge in [0, 0.05) is 24.5 Å². The molecule has 1 atom stereocenters. The molecule has 2 fully saturated rings. The normalized spacial score (nSPS) is 20.7. The quantitative estimate of drug-likeness (QED) is 0.675. The molecule has 1 saturated carbocycles. The maximum Gasteiger partial charge on any atom is 0.349 e. The molecule has 0 aromatic carbocycles. The van der Waals surface area contributed by atoms with E-state index in [9.17, 15) is 9.59 Å². The highest BCUT2D eigenvalue weighted by atomic mass is 35.5. The van der Waals surface area contributed by atoms with Crippen molar-refractivity contribution in [3.63, 3.8) is 0 Å². The van der Waals surface area contributed by atoms with Gasteiger partial charge in [0.15, 0.2) is 0 Å². The van der Waals surface area contributed by atoms with Crippen molar-refractivity contribution in [1.82, 2.24) is 15.5 Å². The second-order valence-corrected chi connectivity index (χ2v) is 8.52. The van der Waals surface area contributed by atoms with E-state index in [0.717, 1.165) is 45.3 Å². The smallest absolute Gasteiger partial charge is 0.349 e. The van der Waals surface area contributed by atoms with Gasteiger partial charge in [-0.15, -0.1) is 24.8 Å². The lowest BCUT2D eigenvalue weighted by molar-refractivity contribution is 0.0697. The van der Waals surface area contributed by atoms with Crippen LogP contribution in [0.2, 0.25) is 0 Å². The van der Waals surface area contributed by atoms with Crippen LogP contribution < -0.4 is 16.3 Å². The Morgan fingerprint density at radius 3 is 2.53 bits per heavy atom. The van der Waals surface area contributed by atoms with Crippen molar-refractivity contribution >= 4 is 30.7 Å². The first-order valence-electron chi connectivity index (χ1n) is 10.8. The van der Waals surface area contributed by atoms with Crippen LogP contribution in [0.15, 0.2) is 15.3 Å². The Balaban J connectivity index is 0.00000225. The van der Waals surface area contributed by atoms with Gasteiger partial charge in [-0.3, -0.25) is 9.69 Å². The fourth-order valence-electron chi connectivity index (χ4n) is 4.77. The van der Waals surface area contributed by atoms with Crippen LogP contribution in [0.4, 0.5) is 0 Å². The molecule has 1 aliphatic carbocycles. The summed E-state index contributed by atoms with van der Waals surface area (Å²) in [5.41, 5.74) is 0.331. The summed E-state index contributed by atoms with van der Waals surface area (Å²) in [4.78, 5) is 27.8. The first-order chi connectivity index (χ1) is 13.5. The summed E-state index contributed by atoms with van der Waals surface area (Å²) in [6, 6.07) is 1.88. The highest BCUT2D eigenvalue weighted by molar-refractivity contribution is 5.95. The zero-order valence-electron chi connectivity index (χ0n) is 18.4. The Hall–Kier alpha value is -1.08. The molecule has 2 heterocycles. The van der Waals surface area contributed by atoms with Crippen LogP contribution >= 0.6 is 24.8 Å². The molecule has 1 amide bonds. The minimum absolute atomic E-state index is 0. The topological polar surface area (TPSA) is 74.6 Å². The average Bonchev–Trinajstić information content (AvgIpc) is 2.72. The molecule has 0 bridgehead atoms. The molecule has 1 unspecified atom stereocenters. The Morgan fingerprint density at radius 2 is 1.97 bits per heavy atom. The third-order valence-electron chi connectivity index (χ3n) is 6.74. The molecule has 8 heteroatoms. The number of carbonyl (C=O) groups excluding carboxylic acids is 1. The molecule has 6 nitrogen and oxygen atoms in total. The number of halogens is 2. The van der Waals surface area contributed by atoms with Gasteiger partial charge < -0.3 is 15.1 Å². The lowest BCUT2D eigenvalue weighted by atomic mass is 9.80. The van der Waals surface area contributed by atoms with Crippen molar-refractivity contribution < 1.29 is 9.21 Å². The summed E-state index contributed by atoms with van der Waals surface area (Å²) in [5.74, 6) is 0.593. The highest BCUT2D eigenvalue weighted by Crippen LogP contribution is 2.32. The fourth-order valence-corrected chi connectivity index (χ4v) is 4.77. The minimum atomic E-state index is -0.514. The average molecular weight is 462 g/mol. The van der Waals surface area contributed by atoms with Crippen LogP contribution in [-0.4, -0.2) is 49.6 Å². The molecular formula is C22H37Cl2N3O3. The second-order valence-electron chi connectivity index (χ2n) is 8.52. The minimum Gasteiger partial charge on any atom is -0.427 e. The number of piperidine rings is 1. The molecule has 172 valence electrons. The number of nitrogens with zero attached hydrogens (tertiary/aromatic N) is 1. The Bertz CT molecular complexity index is 742. The monoisotopic (exact) mass is 461 g/mol. The van der Waals surface area contributed by atoms with E-state index < -0.39 is 5.63 Å². The van der Waals surface area contributed by atoms with Crippen molar-refractivity contribution in [3.8, 4) is 0 Å². The predicted molar refractivity (Wildman–Crippen MR) is 126 cm³/mol. The first kappa shape index (κ1) is 27.0. The lowest BCUT2D eigenvalue weighted by Gasteiger charge is -2.44. The summed E-state index contributed by atoms with van der Waals surface area (Å²) < 4.78 is 5.57. The summed E-state index contributed by atoms with van der Waals surface area (Å²) in [6.45, 7) is 7.33. The van der Waals surface area contributed by atoms with Crippen molar-refractivity contribution in [1.29, 1.82) is 0 Å². The van der Waals surface area contributed by atoms with Gasteiger partial charge in [-0.05, 0) is 64.4 Å². The first-order valence-corrected chi connectivity index (χ1v) is 10.8. The molecule has 1 aliphatic heterocycles. The summed E-state index contributed by atoms with van der Waals surface area (Å²) in [6.07, 6.45) is 7.87. The third-order valence-corrected chi connectivity index (χ3v) is 6.74. The number of hydrogen-bond acceptors (Lipinski definition) is 5. The van der Waals surface area contributed by atoms with Crippen molar-refractivity contribution in [3.05, 3.63) is 33.4 Å². The van der Waals surface area contributed by atoms with E-state index in [2.05, 4.69) is 29.5 Å². The van der Waals surface area contributed by atoms with E-state index in [1.807, 2.05) is 13.0 Å². The molecule has 2 aliphatic rings. The van der Waals surface area contributed by atoms with Crippen LogP contribution in [0, 0.1) is 6.92 Å². The molecule has 30 heavy (non-hydrogen) atoms. The van der Waals surface area contributed by atoms with E-state index in [4.69, 9.17) is 4.42 Å². The predicted octanol–water partition coefficient (Wildman–Crippen LogP) is 3.64. The molecule has 1 saturated heterocycles. The molecule has 0 spiro atoms. The van der Waals surface area contributed by atoms with Gasteiger partial charge in [0.05, 0.1) is 0 Å². The van der Waals surface area contributed by atoms with Crippen LogP contribution in [0.25, 0.3) is 0 Å². The summed E-state index contributed by atoms with van der Waals surface area (Å²) in [7, 11) is 2.13. The van der Waals surface area contributed by atoms with Crippen molar-refractivity contribution in [2.75, 3.05) is 33.2 Å². The van der Waals surface area contributed by atoms with E-state index >= 15 is 0 Å². The Labute approximate surface area is 192 Å². The summed E-state index contributed by atoms with van der Waals surface area (Å²) in [5, 5.41) is 6.39. The molecule has 2 N–H and O–H groups in total. The summed E-state index contributed by atoms with van der Waals surface area (Å²) >= 11 is 0. The van der Waals surface area contributed by atoms with Gasteiger partial charge in [-0.1, -0.05) is 26.2 Å². The van der Waals surface area contributed by atoms with Crippen LogP contribution in [-0.2, 0) is 0 Å². The van der Waals surface area contributed by atoms with Crippen molar-refractivity contribution in [2.45, 2.75) is 70.3 Å². The zero-order valence-corrected chi connectivity index (χ0v) is 20.1. The molecular weight excluding hydrogens is 425 g/mol. The van der Waals surface area contributed by atoms with Gasteiger partial charge in [-0.25, -0.2) is 4.79 Å². The standard InChI is InChI=1S/C22H35N3O3.2ClH/c1-4-25(3)22(10-6-5-7-11-22)15-24-20(26)19-16(2)13-18(28-21(19)27)17-9-8-12-23-14-17;;/h13,17,23H,4-12,14-15H2,1-3H3,(H,24,26);2*1H. The lowest BCUT2D eigenvalue weighted by Crippen LogP contribution is -2.55. The van der Waals surface area contributed by atoms with E-state index in [-0.39, 0.29) is 47.7 Å². The number of likely N-dealkylation sites (N-methyl/N-ethyl adjacent to an activating group) is 1. The number of amides is 1. The van der Waals surface area contributed by atoms with Crippen LogP contribution in [0.5, 0.6) is 0 Å². The SMILES string of the molecule is CCN(C)C1(CNC(=O)c2c(C)cc(C3CCCNC3)oc2=O)CCCCC1.Cl.Cl. The van der Waals surface area contributed by atoms with Crippen LogP contribution in [0.3, 0.4) is 0 Å². The second kappa shape index (κ2) is 12.1. The van der Waals surface area contributed by atoms with Crippen LogP contribution in [0.1, 0.15) is 79.5 Å². The number of hydrogen-bond donors (Lipinski definition) is 2. The third kappa shape index (κ3) is 6.00. The maximum atomic E-state index is 12.9. The molecule has 1 aromatic heterocycles. The number of aryl methyl sites for hydroxylation is 1. The van der Waals surface area contributed by atoms with E-state index in [0.29, 0.717) is 17.9 Å². The Morgan fingerprint density at radius 1 is 1.27 bits per heavy atom. The number of carbonyl (C=O) groups is 1. The van der Waals surface area contributed by atoms with Crippen molar-refractivity contribution in [2.24, 2.45) is 0 Å². The zero-order chi connectivity index (χ0) is 20.1. The largest absolute Gasteiger partial charge is 0.427 e.